The predicted molar refractivity (Wildman–Crippen MR) is 116 cm³/mol. The lowest BCUT2D eigenvalue weighted by Gasteiger charge is -2.24. The molecule has 0 radical (unpaired) electrons. The van der Waals surface area contributed by atoms with Crippen LogP contribution in [0, 0.1) is 13.8 Å². The summed E-state index contributed by atoms with van der Waals surface area (Å²) < 4.78 is 31.7. The maximum absolute atomic E-state index is 13.5. The average molecular weight is 412 g/mol. The van der Waals surface area contributed by atoms with Crippen LogP contribution < -0.4 is 4.72 Å². The lowest BCUT2D eigenvalue weighted by Crippen LogP contribution is -2.32. The zero-order valence-corrected chi connectivity index (χ0v) is 18.7. The van der Waals surface area contributed by atoms with Crippen LogP contribution in [0.5, 0.6) is 0 Å². The SMILES string of the molecule is Cc1cc(C(C)(C)C)cc(C)c1S(=O)(=O)N[C@H](c1ccccc1)c1nccn1C. The van der Waals surface area contributed by atoms with E-state index in [0.29, 0.717) is 10.7 Å². The fourth-order valence-electron chi connectivity index (χ4n) is 3.59. The molecule has 0 fully saturated rings. The van der Waals surface area contributed by atoms with Crippen molar-refractivity contribution in [3.05, 3.63) is 82.9 Å². The van der Waals surface area contributed by atoms with Gasteiger partial charge in [0.05, 0.1) is 4.90 Å². The molecule has 5 nitrogen and oxygen atoms in total. The molecule has 3 rings (SSSR count). The van der Waals surface area contributed by atoms with Crippen LogP contribution in [0.15, 0.2) is 59.8 Å². The van der Waals surface area contributed by atoms with Crippen LogP contribution in [-0.4, -0.2) is 18.0 Å². The highest BCUT2D eigenvalue weighted by Crippen LogP contribution is 2.31. The lowest BCUT2D eigenvalue weighted by molar-refractivity contribution is 0.560. The van der Waals surface area contributed by atoms with Crippen molar-refractivity contribution < 1.29 is 8.42 Å². The minimum absolute atomic E-state index is 0.0508. The van der Waals surface area contributed by atoms with Crippen molar-refractivity contribution >= 4 is 10.0 Å². The van der Waals surface area contributed by atoms with E-state index in [2.05, 4.69) is 30.5 Å². The van der Waals surface area contributed by atoms with Gasteiger partial charge in [-0.15, -0.1) is 0 Å². The number of sulfonamides is 1. The van der Waals surface area contributed by atoms with Gasteiger partial charge in [-0.3, -0.25) is 0 Å². The Morgan fingerprint density at radius 1 is 1.03 bits per heavy atom. The summed E-state index contributed by atoms with van der Waals surface area (Å²) in [5.41, 5.74) is 3.40. The molecule has 1 N–H and O–H groups in total. The van der Waals surface area contributed by atoms with Crippen molar-refractivity contribution in [2.75, 3.05) is 0 Å². The number of nitrogens with zero attached hydrogens (tertiary/aromatic N) is 2. The first-order chi connectivity index (χ1) is 13.5. The molecule has 0 saturated carbocycles. The van der Waals surface area contributed by atoms with Crippen molar-refractivity contribution in [3.8, 4) is 0 Å². The molecule has 3 aromatic rings. The van der Waals surface area contributed by atoms with Gasteiger partial charge in [0.1, 0.15) is 11.9 Å². The van der Waals surface area contributed by atoms with Crippen molar-refractivity contribution in [2.45, 2.75) is 51.0 Å². The number of hydrogen-bond donors (Lipinski definition) is 1. The Kier molecular flexibility index (Phi) is 5.70. The standard InChI is InChI=1S/C23H29N3O2S/c1-16-14-19(23(3,4)5)15-17(2)21(16)29(27,28)25-20(18-10-8-7-9-11-18)22-24-12-13-26(22)6/h7-15,20,25H,1-6H3/t20-/m1/s1. The molecule has 6 heteroatoms. The van der Waals surface area contributed by atoms with E-state index in [9.17, 15) is 8.42 Å². The van der Waals surface area contributed by atoms with Gasteiger partial charge in [0.15, 0.2) is 0 Å². The topological polar surface area (TPSA) is 64.0 Å². The van der Waals surface area contributed by atoms with Crippen molar-refractivity contribution in [1.82, 2.24) is 14.3 Å². The first-order valence-electron chi connectivity index (χ1n) is 9.67. The Morgan fingerprint density at radius 3 is 2.10 bits per heavy atom. The zero-order valence-electron chi connectivity index (χ0n) is 17.9. The molecule has 2 aromatic carbocycles. The van der Waals surface area contributed by atoms with Crippen LogP contribution in [0.3, 0.4) is 0 Å². The quantitative estimate of drug-likeness (QED) is 0.677. The van der Waals surface area contributed by atoms with E-state index in [1.165, 1.54) is 0 Å². The largest absolute Gasteiger partial charge is 0.336 e. The second-order valence-electron chi connectivity index (χ2n) is 8.55. The summed E-state index contributed by atoms with van der Waals surface area (Å²) in [6.07, 6.45) is 3.49. The van der Waals surface area contributed by atoms with Gasteiger partial charge < -0.3 is 4.57 Å². The summed E-state index contributed by atoms with van der Waals surface area (Å²) in [6, 6.07) is 12.9. The van der Waals surface area contributed by atoms with Gasteiger partial charge in [-0.25, -0.2) is 13.4 Å². The number of aryl methyl sites for hydroxylation is 3. The van der Waals surface area contributed by atoms with Crippen molar-refractivity contribution in [1.29, 1.82) is 0 Å². The van der Waals surface area contributed by atoms with Gasteiger partial charge in [-0.05, 0) is 41.5 Å². The number of nitrogens with one attached hydrogen (secondary N) is 1. The lowest BCUT2D eigenvalue weighted by atomic mass is 9.85. The van der Waals surface area contributed by atoms with E-state index in [0.717, 1.165) is 22.3 Å². The van der Waals surface area contributed by atoms with Crippen LogP contribution in [0.25, 0.3) is 0 Å². The van der Waals surface area contributed by atoms with Crippen LogP contribution in [-0.2, 0) is 22.5 Å². The number of imidazole rings is 1. The fourth-order valence-corrected chi connectivity index (χ4v) is 5.23. The van der Waals surface area contributed by atoms with E-state index in [-0.39, 0.29) is 5.41 Å². The minimum atomic E-state index is -3.78. The Labute approximate surface area is 173 Å². The summed E-state index contributed by atoms with van der Waals surface area (Å²) >= 11 is 0. The Bertz CT molecular complexity index is 1090. The van der Waals surface area contributed by atoms with Crippen LogP contribution in [0.1, 0.15) is 54.9 Å². The van der Waals surface area contributed by atoms with Crippen molar-refractivity contribution in [3.63, 3.8) is 0 Å². The molecule has 1 atom stereocenters. The van der Waals surface area contributed by atoms with Gasteiger partial charge in [0.2, 0.25) is 10.0 Å². The molecule has 0 spiro atoms. The molecule has 29 heavy (non-hydrogen) atoms. The first-order valence-corrected chi connectivity index (χ1v) is 11.2. The maximum atomic E-state index is 13.5. The van der Waals surface area contributed by atoms with E-state index < -0.39 is 16.1 Å². The highest BCUT2D eigenvalue weighted by atomic mass is 32.2. The Balaban J connectivity index is 2.08. The van der Waals surface area contributed by atoms with E-state index in [4.69, 9.17) is 0 Å². The van der Waals surface area contributed by atoms with Gasteiger partial charge in [-0.1, -0.05) is 63.2 Å². The van der Waals surface area contributed by atoms with Gasteiger partial charge in [0.25, 0.3) is 0 Å². The second-order valence-corrected chi connectivity index (χ2v) is 10.2. The smallest absolute Gasteiger partial charge is 0.242 e. The number of aromatic nitrogens is 2. The second kappa shape index (κ2) is 7.76. The van der Waals surface area contributed by atoms with Crippen molar-refractivity contribution in [2.24, 2.45) is 7.05 Å². The third kappa shape index (κ3) is 4.43. The number of benzene rings is 2. The average Bonchev–Trinajstić information content (AvgIpc) is 3.04. The van der Waals surface area contributed by atoms with Crippen LogP contribution >= 0.6 is 0 Å². The third-order valence-electron chi connectivity index (χ3n) is 5.12. The predicted octanol–water partition coefficient (Wildman–Crippen LogP) is 4.40. The molecule has 0 amide bonds. The molecule has 0 saturated heterocycles. The van der Waals surface area contributed by atoms with Gasteiger partial charge in [-0.2, -0.15) is 4.72 Å². The normalized spacial score (nSPS) is 13.4. The van der Waals surface area contributed by atoms with E-state index in [1.54, 1.807) is 6.20 Å². The molecule has 0 bridgehead atoms. The Morgan fingerprint density at radius 2 is 1.62 bits per heavy atom. The summed E-state index contributed by atoms with van der Waals surface area (Å²) in [6.45, 7) is 10.1. The molecule has 0 unspecified atom stereocenters. The molecule has 1 heterocycles. The van der Waals surface area contributed by atoms with E-state index >= 15 is 0 Å². The summed E-state index contributed by atoms with van der Waals surface area (Å²) in [4.78, 5) is 4.73. The minimum Gasteiger partial charge on any atom is -0.336 e. The number of rotatable bonds is 5. The molecule has 154 valence electrons. The fraction of sp³-hybridized carbons (Fsp3) is 0.348. The molecular weight excluding hydrogens is 382 g/mol. The molecule has 0 aliphatic heterocycles. The van der Waals surface area contributed by atoms with Gasteiger partial charge in [0, 0.05) is 19.4 Å². The zero-order chi connectivity index (χ0) is 21.4. The Hall–Kier alpha value is -2.44. The van der Waals surface area contributed by atoms with Crippen LogP contribution in [0.2, 0.25) is 0 Å². The summed E-state index contributed by atoms with van der Waals surface area (Å²) in [7, 11) is -1.92. The van der Waals surface area contributed by atoms with E-state index in [1.807, 2.05) is 74.1 Å². The molecule has 1 aromatic heterocycles. The first kappa shape index (κ1) is 21.3. The molecule has 0 aliphatic rings. The monoisotopic (exact) mass is 411 g/mol. The third-order valence-corrected chi connectivity index (χ3v) is 6.85. The summed E-state index contributed by atoms with van der Waals surface area (Å²) in [5, 5.41) is 0. The molecular formula is C23H29N3O2S. The maximum Gasteiger partial charge on any atom is 0.242 e. The highest BCUT2D eigenvalue weighted by molar-refractivity contribution is 7.89. The van der Waals surface area contributed by atoms with Crippen LogP contribution in [0.4, 0.5) is 0 Å². The summed E-state index contributed by atoms with van der Waals surface area (Å²) in [5.74, 6) is 0.640. The molecule has 0 aliphatic carbocycles. The number of hydrogen-bond acceptors (Lipinski definition) is 3. The van der Waals surface area contributed by atoms with Gasteiger partial charge >= 0.3 is 0 Å². The highest BCUT2D eigenvalue weighted by Gasteiger charge is 2.29.